The molecule has 142 valence electrons. The van der Waals surface area contributed by atoms with Gasteiger partial charge in [-0.1, -0.05) is 30.4 Å². The Bertz CT molecular complexity index is 988. The number of nitrogens with one attached hydrogen (secondary N) is 2. The zero-order valence-corrected chi connectivity index (χ0v) is 14.9. The number of carbonyl (C=O) groups excluding carboxylic acids is 3. The number of rotatable bonds is 3. The molecule has 0 bridgehead atoms. The quantitative estimate of drug-likeness (QED) is 0.805. The molecule has 2 aliphatic rings. The van der Waals surface area contributed by atoms with E-state index >= 15 is 0 Å². The molecule has 0 saturated carbocycles. The second kappa shape index (κ2) is 7.26. The Morgan fingerprint density at radius 2 is 1.79 bits per heavy atom. The molecule has 0 unspecified atom stereocenters. The Kier molecular flexibility index (Phi) is 4.65. The average molecular weight is 379 g/mol. The summed E-state index contributed by atoms with van der Waals surface area (Å²) < 4.78 is 13.8. The molecular weight excluding hydrogens is 361 g/mol. The number of halogens is 1. The summed E-state index contributed by atoms with van der Waals surface area (Å²) in [6.07, 6.45) is 4.88. The first-order chi connectivity index (χ1) is 13.5. The lowest BCUT2D eigenvalue weighted by Gasteiger charge is -2.38. The number of para-hydroxylation sites is 1. The maximum Gasteiger partial charge on any atom is 0.255 e. The second-order valence-corrected chi connectivity index (χ2v) is 6.79. The van der Waals surface area contributed by atoms with Gasteiger partial charge in [0.2, 0.25) is 11.8 Å². The minimum absolute atomic E-state index is 0.0667. The van der Waals surface area contributed by atoms with Crippen molar-refractivity contribution >= 4 is 29.1 Å². The molecule has 1 saturated heterocycles. The topological polar surface area (TPSA) is 78.5 Å². The van der Waals surface area contributed by atoms with Crippen molar-refractivity contribution in [1.29, 1.82) is 0 Å². The van der Waals surface area contributed by atoms with E-state index < -0.39 is 17.6 Å². The molecule has 1 fully saturated rings. The second-order valence-electron chi connectivity index (χ2n) is 6.79. The van der Waals surface area contributed by atoms with Crippen molar-refractivity contribution in [1.82, 2.24) is 5.43 Å². The number of carbonyl (C=O) groups is 3. The fraction of sp³-hybridized carbons (Fsp3) is 0.190. The lowest BCUT2D eigenvalue weighted by atomic mass is 9.80. The third kappa shape index (κ3) is 3.26. The third-order valence-corrected chi connectivity index (χ3v) is 5.02. The minimum Gasteiger partial charge on any atom is -0.319 e. The summed E-state index contributed by atoms with van der Waals surface area (Å²) in [5, 5.41) is 3.71. The Labute approximate surface area is 161 Å². The smallest absolute Gasteiger partial charge is 0.255 e. The number of amides is 3. The third-order valence-electron chi connectivity index (χ3n) is 5.02. The van der Waals surface area contributed by atoms with Crippen molar-refractivity contribution in [2.24, 2.45) is 11.8 Å². The van der Waals surface area contributed by atoms with Gasteiger partial charge in [-0.05, 0) is 43.2 Å². The van der Waals surface area contributed by atoms with E-state index in [4.69, 9.17) is 0 Å². The average Bonchev–Trinajstić information content (AvgIpc) is 2.72. The number of hydrazine groups is 1. The lowest BCUT2D eigenvalue weighted by molar-refractivity contribution is -0.139. The standard InChI is InChI=1S/C21H18FN3O3/c22-17-10-3-4-11-18(17)23-19(26)13-6-5-7-14(12-13)25-21(28)16-9-2-1-8-15(16)20(27)24-25/h1-7,10-12,15-16H,8-9H2,(H,23,26)(H,24,27)/t15-,16-/m1/s1. The molecule has 28 heavy (non-hydrogen) atoms. The van der Waals surface area contributed by atoms with Crippen molar-refractivity contribution in [2.45, 2.75) is 12.8 Å². The van der Waals surface area contributed by atoms with E-state index in [-0.39, 0.29) is 29.0 Å². The van der Waals surface area contributed by atoms with E-state index in [9.17, 15) is 18.8 Å². The summed E-state index contributed by atoms with van der Waals surface area (Å²) in [6, 6.07) is 12.2. The summed E-state index contributed by atoms with van der Waals surface area (Å²) in [6.45, 7) is 0. The van der Waals surface area contributed by atoms with E-state index in [0.29, 0.717) is 18.5 Å². The van der Waals surface area contributed by atoms with Gasteiger partial charge in [0.25, 0.3) is 5.91 Å². The van der Waals surface area contributed by atoms with E-state index in [1.807, 2.05) is 12.2 Å². The Morgan fingerprint density at radius 1 is 1.04 bits per heavy atom. The van der Waals surface area contributed by atoms with Crippen LogP contribution in [0.15, 0.2) is 60.7 Å². The van der Waals surface area contributed by atoms with Crippen LogP contribution in [0.5, 0.6) is 0 Å². The first-order valence-corrected chi connectivity index (χ1v) is 9.00. The van der Waals surface area contributed by atoms with Gasteiger partial charge in [-0.3, -0.25) is 19.8 Å². The zero-order valence-electron chi connectivity index (χ0n) is 14.9. The highest BCUT2D eigenvalue weighted by Gasteiger charge is 2.42. The van der Waals surface area contributed by atoms with Crippen LogP contribution in [-0.2, 0) is 9.59 Å². The van der Waals surface area contributed by atoms with Crippen LogP contribution < -0.4 is 15.8 Å². The zero-order chi connectivity index (χ0) is 19.7. The SMILES string of the molecule is O=C(Nc1ccccc1F)c1cccc(N2NC(=O)[C@@H]3CC=CC[C@H]3C2=O)c1. The van der Waals surface area contributed by atoms with Gasteiger partial charge in [-0.2, -0.15) is 0 Å². The highest BCUT2D eigenvalue weighted by molar-refractivity contribution is 6.07. The Balaban J connectivity index is 1.57. The summed E-state index contributed by atoms with van der Waals surface area (Å²) in [5.74, 6) is -2.24. The molecule has 1 aliphatic carbocycles. The van der Waals surface area contributed by atoms with Gasteiger partial charge in [0.15, 0.2) is 0 Å². The molecule has 4 rings (SSSR count). The molecule has 1 aliphatic heterocycles. The first-order valence-electron chi connectivity index (χ1n) is 9.00. The molecule has 2 atom stereocenters. The van der Waals surface area contributed by atoms with Crippen molar-refractivity contribution < 1.29 is 18.8 Å². The van der Waals surface area contributed by atoms with Crippen molar-refractivity contribution in [3.8, 4) is 0 Å². The van der Waals surface area contributed by atoms with Gasteiger partial charge in [-0.25, -0.2) is 9.40 Å². The van der Waals surface area contributed by atoms with Crippen molar-refractivity contribution in [3.63, 3.8) is 0 Å². The highest BCUT2D eigenvalue weighted by Crippen LogP contribution is 2.32. The highest BCUT2D eigenvalue weighted by atomic mass is 19.1. The van der Waals surface area contributed by atoms with Crippen LogP contribution in [0.3, 0.4) is 0 Å². The number of fused-ring (bicyclic) bond motifs is 1. The number of hydrogen-bond donors (Lipinski definition) is 2. The Hall–Kier alpha value is -3.48. The summed E-state index contributed by atoms with van der Waals surface area (Å²) in [4.78, 5) is 37.7. The van der Waals surface area contributed by atoms with E-state index in [1.165, 1.54) is 29.3 Å². The number of allylic oxidation sites excluding steroid dienone is 2. The summed E-state index contributed by atoms with van der Waals surface area (Å²) >= 11 is 0. The maximum absolute atomic E-state index is 13.8. The van der Waals surface area contributed by atoms with Crippen molar-refractivity contribution in [2.75, 3.05) is 10.3 Å². The van der Waals surface area contributed by atoms with Crippen LogP contribution in [0.4, 0.5) is 15.8 Å². The molecule has 2 aromatic rings. The van der Waals surface area contributed by atoms with E-state index in [0.717, 1.165) is 0 Å². The number of anilines is 2. The van der Waals surface area contributed by atoms with Gasteiger partial charge in [0, 0.05) is 5.56 Å². The molecule has 6 nitrogen and oxygen atoms in total. The van der Waals surface area contributed by atoms with Crippen LogP contribution in [0.25, 0.3) is 0 Å². The fourth-order valence-electron chi connectivity index (χ4n) is 3.53. The van der Waals surface area contributed by atoms with Gasteiger partial charge in [0.1, 0.15) is 5.82 Å². The molecule has 1 heterocycles. The molecular formula is C21H18FN3O3. The predicted molar refractivity (Wildman–Crippen MR) is 102 cm³/mol. The van der Waals surface area contributed by atoms with Crippen LogP contribution in [0.1, 0.15) is 23.2 Å². The van der Waals surface area contributed by atoms with Crippen LogP contribution in [0.2, 0.25) is 0 Å². The molecule has 2 N–H and O–H groups in total. The normalized spacial score (nSPS) is 21.1. The number of hydrogen-bond acceptors (Lipinski definition) is 3. The van der Waals surface area contributed by atoms with Crippen LogP contribution in [0, 0.1) is 17.7 Å². The molecule has 2 aromatic carbocycles. The summed E-state index contributed by atoms with van der Waals surface area (Å²) in [7, 11) is 0. The number of nitrogens with zero attached hydrogens (tertiary/aromatic N) is 1. The fourth-order valence-corrected chi connectivity index (χ4v) is 3.53. The van der Waals surface area contributed by atoms with Crippen LogP contribution in [-0.4, -0.2) is 17.7 Å². The van der Waals surface area contributed by atoms with E-state index in [1.54, 1.807) is 24.3 Å². The monoisotopic (exact) mass is 379 g/mol. The van der Waals surface area contributed by atoms with Crippen molar-refractivity contribution in [3.05, 3.63) is 72.1 Å². The van der Waals surface area contributed by atoms with Crippen LogP contribution >= 0.6 is 0 Å². The molecule has 0 spiro atoms. The molecule has 3 amide bonds. The number of benzene rings is 2. The van der Waals surface area contributed by atoms with Gasteiger partial charge >= 0.3 is 0 Å². The first kappa shape index (κ1) is 17.9. The largest absolute Gasteiger partial charge is 0.319 e. The molecule has 0 aromatic heterocycles. The van der Waals surface area contributed by atoms with E-state index in [2.05, 4.69) is 10.7 Å². The molecule has 0 radical (unpaired) electrons. The van der Waals surface area contributed by atoms with Gasteiger partial charge < -0.3 is 5.32 Å². The minimum atomic E-state index is -0.540. The lowest BCUT2D eigenvalue weighted by Crippen LogP contribution is -2.59. The molecule has 7 heteroatoms. The van der Waals surface area contributed by atoms with Gasteiger partial charge in [-0.15, -0.1) is 0 Å². The van der Waals surface area contributed by atoms with Gasteiger partial charge in [0.05, 0.1) is 23.2 Å². The maximum atomic E-state index is 13.8. The Morgan fingerprint density at radius 3 is 2.57 bits per heavy atom. The summed E-state index contributed by atoms with van der Waals surface area (Å²) in [5.41, 5.74) is 3.32. The predicted octanol–water partition coefficient (Wildman–Crippen LogP) is 3.04.